The lowest BCUT2D eigenvalue weighted by Gasteiger charge is -2.22. The van der Waals surface area contributed by atoms with Crippen LogP contribution in [-0.2, 0) is 13.6 Å². The molecule has 1 aliphatic heterocycles. The second-order valence-electron chi connectivity index (χ2n) is 7.07. The number of aryl methyl sites for hydroxylation is 1. The van der Waals surface area contributed by atoms with Gasteiger partial charge in [-0.05, 0) is 43.7 Å². The number of carbonyl (C=O) groups is 1. The SMILES string of the molecule is COc1ccc(-n2ncc(C(=O)[C@H]3CCCN3Cc3cnn(C)c3)c2N)cc1. The van der Waals surface area contributed by atoms with Gasteiger partial charge in [-0.1, -0.05) is 0 Å². The van der Waals surface area contributed by atoms with Crippen molar-refractivity contribution in [3.8, 4) is 11.4 Å². The molecule has 0 amide bonds. The van der Waals surface area contributed by atoms with Crippen molar-refractivity contribution in [2.45, 2.75) is 25.4 Å². The van der Waals surface area contributed by atoms with Crippen LogP contribution < -0.4 is 10.5 Å². The summed E-state index contributed by atoms with van der Waals surface area (Å²) in [6, 6.07) is 7.22. The zero-order valence-electron chi connectivity index (χ0n) is 16.1. The van der Waals surface area contributed by atoms with Gasteiger partial charge in [-0.25, -0.2) is 4.68 Å². The number of anilines is 1. The summed E-state index contributed by atoms with van der Waals surface area (Å²) >= 11 is 0. The van der Waals surface area contributed by atoms with E-state index in [1.54, 1.807) is 22.7 Å². The summed E-state index contributed by atoms with van der Waals surface area (Å²) in [5, 5.41) is 8.56. The van der Waals surface area contributed by atoms with Crippen LogP contribution in [0.1, 0.15) is 28.8 Å². The minimum absolute atomic E-state index is 0.0265. The highest BCUT2D eigenvalue weighted by molar-refractivity contribution is 6.03. The first-order valence-corrected chi connectivity index (χ1v) is 9.30. The summed E-state index contributed by atoms with van der Waals surface area (Å²) in [5.41, 5.74) is 8.65. The summed E-state index contributed by atoms with van der Waals surface area (Å²) in [6.07, 6.45) is 7.21. The molecule has 0 bridgehead atoms. The van der Waals surface area contributed by atoms with E-state index in [-0.39, 0.29) is 11.8 Å². The molecular formula is C20H24N6O2. The largest absolute Gasteiger partial charge is 0.497 e. The van der Waals surface area contributed by atoms with Crippen LogP contribution in [0.25, 0.3) is 5.69 Å². The molecule has 0 aliphatic carbocycles. The molecule has 1 saturated heterocycles. The van der Waals surface area contributed by atoms with Crippen molar-refractivity contribution < 1.29 is 9.53 Å². The predicted molar refractivity (Wildman–Crippen MR) is 105 cm³/mol. The van der Waals surface area contributed by atoms with Crippen molar-refractivity contribution in [1.82, 2.24) is 24.5 Å². The van der Waals surface area contributed by atoms with E-state index in [2.05, 4.69) is 15.1 Å². The second-order valence-corrected chi connectivity index (χ2v) is 7.07. The fourth-order valence-corrected chi connectivity index (χ4v) is 3.76. The van der Waals surface area contributed by atoms with Crippen molar-refractivity contribution in [2.75, 3.05) is 19.4 Å². The van der Waals surface area contributed by atoms with Gasteiger partial charge in [0.1, 0.15) is 11.6 Å². The Morgan fingerprint density at radius 3 is 2.71 bits per heavy atom. The molecule has 3 heterocycles. The first-order valence-electron chi connectivity index (χ1n) is 9.30. The molecule has 3 aromatic rings. The van der Waals surface area contributed by atoms with Crippen LogP contribution in [0, 0.1) is 0 Å². The Kier molecular flexibility index (Phi) is 4.87. The zero-order valence-corrected chi connectivity index (χ0v) is 16.1. The number of nitrogens with zero attached hydrogens (tertiary/aromatic N) is 5. The number of likely N-dealkylation sites (tertiary alicyclic amines) is 1. The standard InChI is InChI=1S/C20H24N6O2/c1-24-12-14(10-22-24)13-25-9-3-4-18(25)19(27)17-11-23-26(20(17)21)15-5-7-16(28-2)8-6-15/h5-8,10-12,18H,3-4,9,13,21H2,1-2H3/t18-/m1/s1. The topological polar surface area (TPSA) is 91.2 Å². The monoisotopic (exact) mass is 380 g/mol. The molecule has 0 unspecified atom stereocenters. The molecule has 146 valence electrons. The van der Waals surface area contributed by atoms with Gasteiger partial charge in [0.05, 0.1) is 36.8 Å². The van der Waals surface area contributed by atoms with Crippen LogP contribution in [0.5, 0.6) is 5.75 Å². The van der Waals surface area contributed by atoms with Gasteiger partial charge >= 0.3 is 0 Å². The molecule has 1 atom stereocenters. The average Bonchev–Trinajstić information content (AvgIpc) is 3.42. The van der Waals surface area contributed by atoms with E-state index >= 15 is 0 Å². The van der Waals surface area contributed by atoms with Gasteiger partial charge in [0.2, 0.25) is 0 Å². The first kappa shape index (κ1) is 18.2. The molecule has 8 nitrogen and oxygen atoms in total. The maximum Gasteiger partial charge on any atom is 0.185 e. The molecule has 2 N–H and O–H groups in total. The van der Waals surface area contributed by atoms with Crippen molar-refractivity contribution in [3.63, 3.8) is 0 Å². The Labute approximate surface area is 163 Å². The van der Waals surface area contributed by atoms with Gasteiger partial charge in [-0.2, -0.15) is 10.2 Å². The third-order valence-electron chi connectivity index (χ3n) is 5.20. The molecule has 0 spiro atoms. The quantitative estimate of drug-likeness (QED) is 0.658. The fourth-order valence-electron chi connectivity index (χ4n) is 3.76. The first-order chi connectivity index (χ1) is 13.6. The van der Waals surface area contributed by atoms with Crippen LogP contribution in [-0.4, -0.2) is 49.9 Å². The number of rotatable bonds is 6. The zero-order chi connectivity index (χ0) is 19.7. The lowest BCUT2D eigenvalue weighted by Crippen LogP contribution is -2.35. The Morgan fingerprint density at radius 1 is 1.25 bits per heavy atom. The van der Waals surface area contributed by atoms with Gasteiger partial charge in [-0.3, -0.25) is 14.4 Å². The van der Waals surface area contributed by atoms with Crippen LogP contribution in [0.2, 0.25) is 0 Å². The van der Waals surface area contributed by atoms with Gasteiger partial charge in [-0.15, -0.1) is 0 Å². The van der Waals surface area contributed by atoms with Crippen LogP contribution in [0.3, 0.4) is 0 Å². The molecule has 1 aromatic carbocycles. The fraction of sp³-hybridized carbons (Fsp3) is 0.350. The number of hydrogen-bond donors (Lipinski definition) is 1. The molecule has 0 radical (unpaired) electrons. The number of ketones is 1. The minimum Gasteiger partial charge on any atom is -0.497 e. The van der Waals surface area contributed by atoms with Gasteiger partial charge in [0.15, 0.2) is 5.78 Å². The number of Topliss-reactive ketones (excluding diaryl/α,β-unsaturated/α-hetero) is 1. The van der Waals surface area contributed by atoms with E-state index in [1.165, 1.54) is 0 Å². The molecule has 8 heteroatoms. The summed E-state index contributed by atoms with van der Waals surface area (Å²) in [5.74, 6) is 1.14. The predicted octanol–water partition coefficient (Wildman–Crippen LogP) is 2.04. The molecule has 1 fully saturated rings. The van der Waals surface area contributed by atoms with Gasteiger partial charge in [0, 0.05) is 25.4 Å². The number of aromatic nitrogens is 4. The number of carbonyl (C=O) groups excluding carboxylic acids is 1. The lowest BCUT2D eigenvalue weighted by molar-refractivity contribution is 0.0863. The molecule has 4 rings (SSSR count). The van der Waals surface area contributed by atoms with E-state index < -0.39 is 0 Å². The van der Waals surface area contributed by atoms with Gasteiger partial charge in [0.25, 0.3) is 0 Å². The Balaban J connectivity index is 1.54. The van der Waals surface area contributed by atoms with E-state index in [1.807, 2.05) is 43.7 Å². The van der Waals surface area contributed by atoms with Crippen molar-refractivity contribution in [3.05, 3.63) is 54.0 Å². The molecule has 28 heavy (non-hydrogen) atoms. The van der Waals surface area contributed by atoms with E-state index in [4.69, 9.17) is 10.5 Å². The maximum absolute atomic E-state index is 13.2. The highest BCUT2D eigenvalue weighted by atomic mass is 16.5. The van der Waals surface area contributed by atoms with Crippen LogP contribution in [0.15, 0.2) is 42.9 Å². The minimum atomic E-state index is -0.184. The number of ether oxygens (including phenoxy) is 1. The smallest absolute Gasteiger partial charge is 0.185 e. The average molecular weight is 380 g/mol. The lowest BCUT2D eigenvalue weighted by atomic mass is 10.0. The number of methoxy groups -OCH3 is 1. The van der Waals surface area contributed by atoms with Crippen molar-refractivity contribution >= 4 is 11.6 Å². The third-order valence-corrected chi connectivity index (χ3v) is 5.20. The van der Waals surface area contributed by atoms with Crippen LogP contribution in [0.4, 0.5) is 5.82 Å². The Bertz CT molecular complexity index is 975. The van der Waals surface area contributed by atoms with Gasteiger partial charge < -0.3 is 10.5 Å². The normalized spacial score (nSPS) is 17.1. The molecule has 2 aromatic heterocycles. The van der Waals surface area contributed by atoms with E-state index in [9.17, 15) is 4.79 Å². The highest BCUT2D eigenvalue weighted by Crippen LogP contribution is 2.27. The second kappa shape index (κ2) is 7.47. The summed E-state index contributed by atoms with van der Waals surface area (Å²) in [6.45, 7) is 1.59. The molecular weight excluding hydrogens is 356 g/mol. The van der Waals surface area contributed by atoms with Crippen LogP contribution >= 0.6 is 0 Å². The highest BCUT2D eigenvalue weighted by Gasteiger charge is 2.33. The van der Waals surface area contributed by atoms with E-state index in [0.29, 0.717) is 17.9 Å². The Morgan fingerprint density at radius 2 is 2.04 bits per heavy atom. The molecule has 0 saturated carbocycles. The van der Waals surface area contributed by atoms with Crippen molar-refractivity contribution in [2.24, 2.45) is 7.05 Å². The number of benzene rings is 1. The maximum atomic E-state index is 13.2. The number of hydrogen-bond acceptors (Lipinski definition) is 6. The summed E-state index contributed by atoms with van der Waals surface area (Å²) in [7, 11) is 3.51. The summed E-state index contributed by atoms with van der Waals surface area (Å²) in [4.78, 5) is 15.4. The number of nitrogens with two attached hydrogens (primary N) is 1. The van der Waals surface area contributed by atoms with E-state index in [0.717, 1.165) is 36.4 Å². The number of nitrogen functional groups attached to an aromatic ring is 1. The van der Waals surface area contributed by atoms with Crippen molar-refractivity contribution in [1.29, 1.82) is 0 Å². The summed E-state index contributed by atoms with van der Waals surface area (Å²) < 4.78 is 8.55. The molecule has 1 aliphatic rings. The third kappa shape index (κ3) is 3.38. The Hall–Kier alpha value is -3.13.